The molecule has 1 aromatic carbocycles. The van der Waals surface area contributed by atoms with Crippen LogP contribution in [-0.2, 0) is 4.79 Å². The normalized spacial score (nSPS) is 13.6. The summed E-state index contributed by atoms with van der Waals surface area (Å²) in [5, 5.41) is 2.82. The van der Waals surface area contributed by atoms with Gasteiger partial charge in [-0.05, 0) is 26.0 Å². The Bertz CT molecular complexity index is 419. The van der Waals surface area contributed by atoms with Crippen molar-refractivity contribution in [3.05, 3.63) is 23.8 Å². The van der Waals surface area contributed by atoms with Gasteiger partial charge in [0.05, 0.1) is 26.3 Å². The van der Waals surface area contributed by atoms with Crippen molar-refractivity contribution in [1.29, 1.82) is 0 Å². The van der Waals surface area contributed by atoms with Crippen molar-refractivity contribution < 1.29 is 14.3 Å². The first-order valence-corrected chi connectivity index (χ1v) is 5.77. The highest BCUT2D eigenvalue weighted by Gasteiger charge is 2.16. The molecule has 0 aliphatic rings. The predicted octanol–water partition coefficient (Wildman–Crippen LogP) is 1.23. The van der Waals surface area contributed by atoms with Crippen LogP contribution in [0.25, 0.3) is 0 Å². The zero-order valence-corrected chi connectivity index (χ0v) is 11.2. The average molecular weight is 252 g/mol. The Kier molecular flexibility index (Phi) is 4.97. The zero-order chi connectivity index (χ0) is 13.7. The number of carbonyl (C=O) groups excluding carboxylic acids is 1. The van der Waals surface area contributed by atoms with Gasteiger partial charge in [-0.3, -0.25) is 4.79 Å². The van der Waals surface area contributed by atoms with Crippen molar-refractivity contribution in [2.24, 2.45) is 5.73 Å². The molecule has 0 fully saturated rings. The van der Waals surface area contributed by atoms with E-state index >= 15 is 0 Å². The molecule has 0 aliphatic carbocycles. The van der Waals surface area contributed by atoms with Crippen molar-refractivity contribution in [2.75, 3.05) is 14.2 Å². The number of hydrogen-bond donors (Lipinski definition) is 2. The van der Waals surface area contributed by atoms with Crippen LogP contribution in [0, 0.1) is 0 Å². The van der Waals surface area contributed by atoms with Gasteiger partial charge in [0, 0.05) is 11.6 Å². The van der Waals surface area contributed by atoms with Crippen molar-refractivity contribution in [3.8, 4) is 11.5 Å². The third kappa shape index (κ3) is 3.37. The van der Waals surface area contributed by atoms with E-state index in [1.807, 2.05) is 19.1 Å². The van der Waals surface area contributed by atoms with Gasteiger partial charge < -0.3 is 20.5 Å². The van der Waals surface area contributed by atoms with Gasteiger partial charge in [-0.1, -0.05) is 0 Å². The Hall–Kier alpha value is -1.75. The Morgan fingerprint density at radius 2 is 1.94 bits per heavy atom. The highest BCUT2D eigenvalue weighted by molar-refractivity contribution is 5.81. The molecule has 0 bridgehead atoms. The lowest BCUT2D eigenvalue weighted by atomic mass is 10.1. The van der Waals surface area contributed by atoms with E-state index in [4.69, 9.17) is 15.2 Å². The molecule has 0 heterocycles. The molecule has 1 amide bonds. The molecule has 0 saturated heterocycles. The number of amides is 1. The Morgan fingerprint density at radius 1 is 1.28 bits per heavy atom. The number of methoxy groups -OCH3 is 2. The van der Waals surface area contributed by atoms with Crippen molar-refractivity contribution in [1.82, 2.24) is 5.32 Å². The highest BCUT2D eigenvalue weighted by atomic mass is 16.5. The molecule has 1 rings (SSSR count). The summed E-state index contributed by atoms with van der Waals surface area (Å²) in [4.78, 5) is 11.5. The highest BCUT2D eigenvalue weighted by Crippen LogP contribution is 2.29. The number of ether oxygens (including phenoxy) is 2. The summed E-state index contributed by atoms with van der Waals surface area (Å²) < 4.78 is 10.4. The average Bonchev–Trinajstić information content (AvgIpc) is 2.37. The van der Waals surface area contributed by atoms with E-state index in [2.05, 4.69) is 5.32 Å². The van der Waals surface area contributed by atoms with E-state index in [1.54, 1.807) is 27.2 Å². The van der Waals surface area contributed by atoms with Gasteiger partial charge in [-0.25, -0.2) is 0 Å². The first kappa shape index (κ1) is 14.3. The molecule has 0 spiro atoms. The summed E-state index contributed by atoms with van der Waals surface area (Å²) in [5.41, 5.74) is 6.40. The van der Waals surface area contributed by atoms with E-state index in [1.165, 1.54) is 0 Å². The molecule has 1 aromatic rings. The zero-order valence-electron chi connectivity index (χ0n) is 11.2. The summed E-state index contributed by atoms with van der Waals surface area (Å²) in [7, 11) is 3.17. The summed E-state index contributed by atoms with van der Waals surface area (Å²) in [6, 6.07) is 4.76. The number of benzene rings is 1. The molecule has 100 valence electrons. The van der Waals surface area contributed by atoms with E-state index < -0.39 is 6.04 Å². The molecule has 0 aromatic heterocycles. The molecule has 5 nitrogen and oxygen atoms in total. The standard InChI is InChI=1S/C13H20N2O3/c1-8(14)13(16)15-9(2)11-6-5-10(17-3)7-12(11)18-4/h5-9H,14H2,1-4H3,(H,15,16)/t8-,9?/m0/s1. The predicted molar refractivity (Wildman–Crippen MR) is 69.8 cm³/mol. The molecule has 3 N–H and O–H groups in total. The maximum Gasteiger partial charge on any atom is 0.237 e. The lowest BCUT2D eigenvalue weighted by Crippen LogP contribution is -2.39. The van der Waals surface area contributed by atoms with Gasteiger partial charge in [0.25, 0.3) is 0 Å². The van der Waals surface area contributed by atoms with Crippen molar-refractivity contribution in [3.63, 3.8) is 0 Å². The number of nitrogens with two attached hydrogens (primary N) is 1. The fourth-order valence-corrected chi connectivity index (χ4v) is 1.60. The topological polar surface area (TPSA) is 73.6 Å². The first-order chi connectivity index (χ1) is 8.49. The molecule has 5 heteroatoms. The summed E-state index contributed by atoms with van der Waals surface area (Å²) >= 11 is 0. The fraction of sp³-hybridized carbons (Fsp3) is 0.462. The SMILES string of the molecule is COc1ccc(C(C)NC(=O)[C@H](C)N)c(OC)c1. The molecule has 18 heavy (non-hydrogen) atoms. The lowest BCUT2D eigenvalue weighted by Gasteiger charge is -2.19. The van der Waals surface area contributed by atoms with Crippen LogP contribution >= 0.6 is 0 Å². The summed E-state index contributed by atoms with van der Waals surface area (Å²) in [5.74, 6) is 1.19. The minimum atomic E-state index is -0.531. The summed E-state index contributed by atoms with van der Waals surface area (Å²) in [6.45, 7) is 3.53. The van der Waals surface area contributed by atoms with Crippen LogP contribution < -0.4 is 20.5 Å². The van der Waals surface area contributed by atoms with Crippen LogP contribution in [0.3, 0.4) is 0 Å². The number of rotatable bonds is 5. The molecule has 0 aliphatic heterocycles. The van der Waals surface area contributed by atoms with Crippen molar-refractivity contribution in [2.45, 2.75) is 25.9 Å². The van der Waals surface area contributed by atoms with Crippen LogP contribution in [0.4, 0.5) is 0 Å². The van der Waals surface area contributed by atoms with E-state index in [9.17, 15) is 4.79 Å². The van der Waals surface area contributed by atoms with Crippen LogP contribution in [0.2, 0.25) is 0 Å². The maximum atomic E-state index is 11.5. The van der Waals surface area contributed by atoms with Crippen LogP contribution in [0.1, 0.15) is 25.5 Å². The largest absolute Gasteiger partial charge is 0.497 e. The second-order valence-electron chi connectivity index (χ2n) is 4.13. The van der Waals surface area contributed by atoms with Gasteiger partial charge >= 0.3 is 0 Å². The number of carbonyl (C=O) groups is 1. The maximum absolute atomic E-state index is 11.5. The minimum Gasteiger partial charge on any atom is -0.497 e. The van der Waals surface area contributed by atoms with Gasteiger partial charge in [-0.2, -0.15) is 0 Å². The van der Waals surface area contributed by atoms with Gasteiger partial charge in [-0.15, -0.1) is 0 Å². The smallest absolute Gasteiger partial charge is 0.237 e. The van der Waals surface area contributed by atoms with Crippen LogP contribution in [0.5, 0.6) is 11.5 Å². The number of nitrogens with one attached hydrogen (secondary N) is 1. The van der Waals surface area contributed by atoms with Gasteiger partial charge in [0.15, 0.2) is 0 Å². The third-order valence-corrected chi connectivity index (χ3v) is 2.68. The van der Waals surface area contributed by atoms with E-state index in [-0.39, 0.29) is 11.9 Å². The van der Waals surface area contributed by atoms with Gasteiger partial charge in [0.1, 0.15) is 11.5 Å². The molecular formula is C13H20N2O3. The van der Waals surface area contributed by atoms with E-state index in [0.717, 1.165) is 5.56 Å². The van der Waals surface area contributed by atoms with Crippen LogP contribution in [0.15, 0.2) is 18.2 Å². The lowest BCUT2D eigenvalue weighted by molar-refractivity contribution is -0.122. The molecule has 0 radical (unpaired) electrons. The monoisotopic (exact) mass is 252 g/mol. The molecule has 0 saturated carbocycles. The van der Waals surface area contributed by atoms with Gasteiger partial charge in [0.2, 0.25) is 5.91 Å². The molecule has 2 atom stereocenters. The summed E-state index contributed by atoms with van der Waals surface area (Å²) in [6.07, 6.45) is 0. The second-order valence-corrected chi connectivity index (χ2v) is 4.13. The minimum absolute atomic E-state index is 0.177. The fourth-order valence-electron chi connectivity index (χ4n) is 1.60. The first-order valence-electron chi connectivity index (χ1n) is 5.77. The Labute approximate surface area is 107 Å². The quantitative estimate of drug-likeness (QED) is 0.826. The second kappa shape index (κ2) is 6.26. The Morgan fingerprint density at radius 3 is 2.44 bits per heavy atom. The third-order valence-electron chi connectivity index (χ3n) is 2.68. The van der Waals surface area contributed by atoms with Crippen LogP contribution in [-0.4, -0.2) is 26.2 Å². The molecule has 1 unspecified atom stereocenters. The molecular weight excluding hydrogens is 232 g/mol. The van der Waals surface area contributed by atoms with Crippen molar-refractivity contribution >= 4 is 5.91 Å². The van der Waals surface area contributed by atoms with E-state index in [0.29, 0.717) is 11.5 Å². The Balaban J connectivity index is 2.91. The number of hydrogen-bond acceptors (Lipinski definition) is 4.